The van der Waals surface area contributed by atoms with Gasteiger partial charge in [0.05, 0.1) is 39.6 Å². The van der Waals surface area contributed by atoms with Crippen LogP contribution >= 0.6 is 0 Å². The van der Waals surface area contributed by atoms with Crippen LogP contribution in [0.15, 0.2) is 0 Å². The van der Waals surface area contributed by atoms with Crippen molar-refractivity contribution in [3.63, 3.8) is 0 Å². The minimum Gasteiger partial charge on any atom is -0.379 e. The fourth-order valence-corrected chi connectivity index (χ4v) is 4.14. The third kappa shape index (κ3) is 31.8. The topological polar surface area (TPSA) is 36.9 Å². The van der Waals surface area contributed by atoms with E-state index in [4.69, 9.17) is 18.9 Å². The third-order valence-electron chi connectivity index (χ3n) is 6.40. The second-order valence-electron chi connectivity index (χ2n) is 9.81. The molecule has 4 heteroatoms. The van der Waals surface area contributed by atoms with Crippen LogP contribution in [-0.4, -0.2) is 52.9 Å². The van der Waals surface area contributed by atoms with E-state index in [0.717, 1.165) is 13.2 Å². The summed E-state index contributed by atoms with van der Waals surface area (Å²) in [5.41, 5.74) is 0. The van der Waals surface area contributed by atoms with E-state index in [1.807, 2.05) is 0 Å². The Kier molecular flexibility index (Phi) is 32.7. The molecule has 0 saturated heterocycles. The number of ether oxygens (including phenoxy) is 4. The summed E-state index contributed by atoms with van der Waals surface area (Å²) < 4.78 is 22.4. The van der Waals surface area contributed by atoms with Crippen molar-refractivity contribution in [2.75, 3.05) is 52.9 Å². The molecule has 0 saturated carbocycles. The van der Waals surface area contributed by atoms with Crippen molar-refractivity contribution in [1.82, 2.24) is 0 Å². The van der Waals surface area contributed by atoms with Gasteiger partial charge in [-0.3, -0.25) is 0 Å². The lowest BCUT2D eigenvalue weighted by atomic mass is 10.1. The first-order chi connectivity index (χ1) is 16.9. The van der Waals surface area contributed by atoms with Gasteiger partial charge in [0.15, 0.2) is 0 Å². The molecule has 0 aliphatic rings. The van der Waals surface area contributed by atoms with Gasteiger partial charge in [-0.05, 0) is 12.8 Å². The lowest BCUT2D eigenvalue weighted by Crippen LogP contribution is -2.12. The summed E-state index contributed by atoms with van der Waals surface area (Å²) in [6.07, 6.45) is 27.3. The Morgan fingerprint density at radius 3 is 0.706 bits per heavy atom. The van der Waals surface area contributed by atoms with Crippen LogP contribution < -0.4 is 0 Å². The lowest BCUT2D eigenvalue weighted by Gasteiger charge is -2.08. The van der Waals surface area contributed by atoms with Gasteiger partial charge in [0.25, 0.3) is 0 Å². The van der Waals surface area contributed by atoms with Crippen LogP contribution in [0.4, 0.5) is 0 Å². The van der Waals surface area contributed by atoms with E-state index in [1.54, 1.807) is 0 Å². The molecule has 0 unspecified atom stereocenters. The van der Waals surface area contributed by atoms with Crippen molar-refractivity contribution in [2.45, 2.75) is 142 Å². The van der Waals surface area contributed by atoms with Crippen molar-refractivity contribution >= 4 is 0 Å². The molecule has 0 rings (SSSR count). The summed E-state index contributed by atoms with van der Waals surface area (Å²) in [7, 11) is 0. The predicted molar refractivity (Wildman–Crippen MR) is 147 cm³/mol. The Balaban J connectivity index is 2.99. The molecule has 0 fully saturated rings. The van der Waals surface area contributed by atoms with Crippen LogP contribution in [0, 0.1) is 0 Å². The van der Waals surface area contributed by atoms with Crippen molar-refractivity contribution in [3.05, 3.63) is 0 Å². The van der Waals surface area contributed by atoms with Gasteiger partial charge in [-0.25, -0.2) is 0 Å². The summed E-state index contributed by atoms with van der Waals surface area (Å²) in [6.45, 7) is 10.3. The second-order valence-corrected chi connectivity index (χ2v) is 9.81. The minimum absolute atomic E-state index is 0.639. The molecule has 34 heavy (non-hydrogen) atoms. The highest BCUT2D eigenvalue weighted by atomic mass is 16.6. The van der Waals surface area contributed by atoms with Gasteiger partial charge in [-0.1, -0.05) is 129 Å². The molecule has 0 amide bonds. The summed E-state index contributed by atoms with van der Waals surface area (Å²) in [5, 5.41) is 0. The zero-order valence-corrected chi connectivity index (χ0v) is 23.4. The van der Waals surface area contributed by atoms with Crippen LogP contribution in [0.1, 0.15) is 142 Å². The van der Waals surface area contributed by atoms with Crippen molar-refractivity contribution in [2.24, 2.45) is 0 Å². The highest BCUT2D eigenvalue weighted by Crippen LogP contribution is 2.11. The van der Waals surface area contributed by atoms with Gasteiger partial charge in [0, 0.05) is 13.2 Å². The third-order valence-corrected chi connectivity index (χ3v) is 6.40. The van der Waals surface area contributed by atoms with Gasteiger partial charge in [-0.15, -0.1) is 0 Å². The fraction of sp³-hybridized carbons (Fsp3) is 1.00. The smallest absolute Gasteiger partial charge is 0.0701 e. The molecule has 0 N–H and O–H groups in total. The Bertz CT molecular complexity index is 306. The lowest BCUT2D eigenvalue weighted by molar-refractivity contribution is -0.00248. The quantitative estimate of drug-likeness (QED) is 0.0917. The molecular weight excluding hydrogens is 424 g/mol. The zero-order chi connectivity index (χ0) is 24.6. The highest BCUT2D eigenvalue weighted by Gasteiger charge is 1.96. The maximum Gasteiger partial charge on any atom is 0.0701 e. The Morgan fingerprint density at radius 1 is 0.235 bits per heavy atom. The molecule has 0 radical (unpaired) electrons. The minimum atomic E-state index is 0.639. The molecular formula is C30H62O4. The first-order valence-electron chi connectivity index (χ1n) is 15.2. The average Bonchev–Trinajstić information content (AvgIpc) is 2.85. The van der Waals surface area contributed by atoms with Crippen LogP contribution in [0.3, 0.4) is 0 Å². The molecule has 0 aromatic heterocycles. The van der Waals surface area contributed by atoms with Crippen molar-refractivity contribution < 1.29 is 18.9 Å². The Labute approximate surface area is 214 Å². The van der Waals surface area contributed by atoms with E-state index in [0.29, 0.717) is 39.6 Å². The summed E-state index contributed by atoms with van der Waals surface area (Å²) in [6, 6.07) is 0. The standard InChI is InChI=1S/C30H62O4/c1-3-5-7-9-11-13-15-17-19-21-23-31-25-27-33-29-30-34-28-26-32-24-22-20-18-16-14-12-10-8-6-4-2/h3-30H2,1-2H3. The van der Waals surface area contributed by atoms with E-state index < -0.39 is 0 Å². The number of rotatable bonds is 31. The van der Waals surface area contributed by atoms with Gasteiger partial charge >= 0.3 is 0 Å². The van der Waals surface area contributed by atoms with Crippen LogP contribution in [0.5, 0.6) is 0 Å². The first-order valence-corrected chi connectivity index (χ1v) is 15.2. The van der Waals surface area contributed by atoms with E-state index in [-0.39, 0.29) is 0 Å². The predicted octanol–water partition coefficient (Wildman–Crippen LogP) is 8.89. The van der Waals surface area contributed by atoms with E-state index in [9.17, 15) is 0 Å². The van der Waals surface area contributed by atoms with Gasteiger partial charge in [0.1, 0.15) is 0 Å². The first kappa shape index (κ1) is 33.8. The van der Waals surface area contributed by atoms with Crippen LogP contribution in [0.25, 0.3) is 0 Å². The largest absolute Gasteiger partial charge is 0.379 e. The van der Waals surface area contributed by atoms with E-state index in [1.165, 1.54) is 128 Å². The molecule has 4 nitrogen and oxygen atoms in total. The molecule has 0 aromatic rings. The molecule has 0 aromatic carbocycles. The monoisotopic (exact) mass is 486 g/mol. The van der Waals surface area contributed by atoms with E-state index in [2.05, 4.69) is 13.8 Å². The second kappa shape index (κ2) is 32.8. The molecule has 0 spiro atoms. The summed E-state index contributed by atoms with van der Waals surface area (Å²) in [5.74, 6) is 0. The normalized spacial score (nSPS) is 11.5. The molecule has 0 atom stereocenters. The van der Waals surface area contributed by atoms with Gasteiger partial charge in [0.2, 0.25) is 0 Å². The Hall–Kier alpha value is -0.160. The maximum atomic E-state index is 5.65. The summed E-state index contributed by atoms with van der Waals surface area (Å²) >= 11 is 0. The average molecular weight is 487 g/mol. The van der Waals surface area contributed by atoms with E-state index >= 15 is 0 Å². The molecule has 0 bridgehead atoms. The summed E-state index contributed by atoms with van der Waals surface area (Å²) in [4.78, 5) is 0. The molecule has 206 valence electrons. The van der Waals surface area contributed by atoms with Gasteiger partial charge < -0.3 is 18.9 Å². The number of hydrogen-bond acceptors (Lipinski definition) is 4. The molecule has 0 heterocycles. The number of hydrogen-bond donors (Lipinski definition) is 0. The van der Waals surface area contributed by atoms with Crippen LogP contribution in [-0.2, 0) is 18.9 Å². The molecule has 0 aliphatic heterocycles. The number of unbranched alkanes of at least 4 members (excludes halogenated alkanes) is 18. The highest BCUT2D eigenvalue weighted by molar-refractivity contribution is 4.48. The SMILES string of the molecule is CCCCCCCCCCCCOCCOCCOCCOCCCCCCCCCCCC. The zero-order valence-electron chi connectivity index (χ0n) is 23.4. The van der Waals surface area contributed by atoms with Gasteiger partial charge in [-0.2, -0.15) is 0 Å². The van der Waals surface area contributed by atoms with Crippen LogP contribution in [0.2, 0.25) is 0 Å². The fourth-order valence-electron chi connectivity index (χ4n) is 4.14. The Morgan fingerprint density at radius 2 is 0.441 bits per heavy atom. The maximum absolute atomic E-state index is 5.65. The van der Waals surface area contributed by atoms with Crippen molar-refractivity contribution in [1.29, 1.82) is 0 Å². The van der Waals surface area contributed by atoms with Crippen molar-refractivity contribution in [3.8, 4) is 0 Å². The molecule has 0 aliphatic carbocycles.